The van der Waals surface area contributed by atoms with Crippen LogP contribution in [0.4, 0.5) is 11.4 Å². The molecule has 1 atom stereocenters. The highest BCUT2D eigenvalue weighted by Gasteiger charge is 2.29. The number of carbonyl (C=O) groups excluding carboxylic acids is 2. The largest absolute Gasteiger partial charge is 0.452 e. The lowest BCUT2D eigenvalue weighted by Crippen LogP contribution is -2.37. The van der Waals surface area contributed by atoms with E-state index in [0.29, 0.717) is 24.8 Å². The number of rotatable bonds is 10. The molecule has 1 aromatic rings. The topological polar surface area (TPSA) is 120 Å². The van der Waals surface area contributed by atoms with Crippen molar-refractivity contribution in [2.75, 3.05) is 32.2 Å². The number of nitro groups is 1. The Bertz CT molecular complexity index is 674. The Labute approximate surface area is 151 Å². The van der Waals surface area contributed by atoms with E-state index in [9.17, 15) is 19.7 Å². The van der Waals surface area contributed by atoms with Gasteiger partial charge in [-0.2, -0.15) is 0 Å². The van der Waals surface area contributed by atoms with E-state index < -0.39 is 23.4 Å². The number of amides is 1. The Morgan fingerprint density at radius 1 is 1.38 bits per heavy atom. The van der Waals surface area contributed by atoms with Gasteiger partial charge in [0.05, 0.1) is 17.1 Å². The number of nitro benzene ring substituents is 1. The number of nitrogens with one attached hydrogen (secondary N) is 2. The molecule has 1 aliphatic carbocycles. The number of carbonyl (C=O) groups is 2. The van der Waals surface area contributed by atoms with Crippen molar-refractivity contribution >= 4 is 23.3 Å². The number of hydrogen-bond donors (Lipinski definition) is 2. The van der Waals surface area contributed by atoms with E-state index in [-0.39, 0.29) is 17.3 Å². The van der Waals surface area contributed by atoms with Crippen LogP contribution in [0.1, 0.15) is 30.1 Å². The molecule has 9 nitrogen and oxygen atoms in total. The maximum atomic E-state index is 12.3. The van der Waals surface area contributed by atoms with Gasteiger partial charge in [-0.25, -0.2) is 4.79 Å². The van der Waals surface area contributed by atoms with E-state index >= 15 is 0 Å². The van der Waals surface area contributed by atoms with Crippen LogP contribution in [0.15, 0.2) is 18.2 Å². The van der Waals surface area contributed by atoms with Gasteiger partial charge >= 0.3 is 5.97 Å². The lowest BCUT2D eigenvalue weighted by atomic mass is 10.1. The quantitative estimate of drug-likeness (QED) is 0.280. The number of nitrogens with zero attached hydrogens (tertiary/aromatic N) is 1. The first-order valence-corrected chi connectivity index (χ1v) is 8.40. The molecular weight excluding hydrogens is 342 g/mol. The van der Waals surface area contributed by atoms with Gasteiger partial charge in [0, 0.05) is 37.5 Å². The van der Waals surface area contributed by atoms with Crippen LogP contribution in [0, 0.1) is 16.0 Å². The minimum absolute atomic E-state index is 0.00153. The molecule has 0 heterocycles. The minimum atomic E-state index is -0.803. The Balaban J connectivity index is 2.00. The summed E-state index contributed by atoms with van der Waals surface area (Å²) >= 11 is 0. The number of non-ortho nitro benzene ring substituents is 1. The lowest BCUT2D eigenvalue weighted by Gasteiger charge is -2.14. The van der Waals surface area contributed by atoms with Gasteiger partial charge in [-0.05, 0) is 31.7 Å². The fourth-order valence-corrected chi connectivity index (χ4v) is 2.48. The van der Waals surface area contributed by atoms with Crippen LogP contribution in [0.5, 0.6) is 0 Å². The number of methoxy groups -OCH3 is 1. The average molecular weight is 365 g/mol. The van der Waals surface area contributed by atoms with Gasteiger partial charge in [-0.3, -0.25) is 14.9 Å². The Hall–Kier alpha value is -2.68. The van der Waals surface area contributed by atoms with Gasteiger partial charge in [0.1, 0.15) is 0 Å². The van der Waals surface area contributed by atoms with E-state index in [0.717, 1.165) is 18.9 Å². The predicted molar refractivity (Wildman–Crippen MR) is 94.1 cm³/mol. The summed E-state index contributed by atoms with van der Waals surface area (Å²) in [5, 5.41) is 16.7. The molecule has 142 valence electrons. The fraction of sp³-hybridized carbons (Fsp3) is 0.529. The van der Waals surface area contributed by atoms with Crippen molar-refractivity contribution in [1.82, 2.24) is 5.32 Å². The molecule has 2 N–H and O–H groups in total. The molecular formula is C17H23N3O6. The molecule has 1 saturated carbocycles. The average Bonchev–Trinajstić information content (AvgIpc) is 3.45. The molecule has 1 aliphatic rings. The lowest BCUT2D eigenvalue weighted by molar-refractivity contribution is -0.384. The second kappa shape index (κ2) is 9.14. The van der Waals surface area contributed by atoms with Crippen LogP contribution in [0.3, 0.4) is 0 Å². The molecule has 0 saturated heterocycles. The predicted octanol–water partition coefficient (Wildman–Crippen LogP) is 1.72. The Morgan fingerprint density at radius 3 is 2.73 bits per heavy atom. The smallest absolute Gasteiger partial charge is 0.341 e. The summed E-state index contributed by atoms with van der Waals surface area (Å²) in [6, 6.07) is 3.89. The van der Waals surface area contributed by atoms with Crippen LogP contribution in [-0.2, 0) is 14.3 Å². The molecule has 2 rings (SSSR count). The first-order chi connectivity index (χ1) is 12.4. The molecule has 0 bridgehead atoms. The molecule has 0 spiro atoms. The highest BCUT2D eigenvalue weighted by atomic mass is 16.6. The van der Waals surface area contributed by atoms with Gasteiger partial charge in [0.25, 0.3) is 11.6 Å². The molecule has 26 heavy (non-hydrogen) atoms. The van der Waals surface area contributed by atoms with Crippen LogP contribution in [0.2, 0.25) is 0 Å². The molecule has 0 unspecified atom stereocenters. The van der Waals surface area contributed by atoms with Crippen molar-refractivity contribution < 1.29 is 24.0 Å². The number of hydrogen-bond acceptors (Lipinski definition) is 7. The molecule has 0 aromatic heterocycles. The van der Waals surface area contributed by atoms with Gasteiger partial charge in [-0.1, -0.05) is 0 Å². The standard InChI is InChI=1S/C17H23N3O6/c1-11(12-3-4-12)19-16(21)10-26-17(22)14-9-13(20(23)24)5-6-15(14)18-7-8-25-2/h5-6,9,11-12,18H,3-4,7-8,10H2,1-2H3,(H,19,21)/t11-/m1/s1. The van der Waals surface area contributed by atoms with Gasteiger partial charge in [-0.15, -0.1) is 0 Å². The van der Waals surface area contributed by atoms with E-state index in [1.807, 2.05) is 6.92 Å². The highest BCUT2D eigenvalue weighted by Crippen LogP contribution is 2.32. The molecule has 1 amide bonds. The third-order valence-electron chi connectivity index (χ3n) is 4.11. The highest BCUT2D eigenvalue weighted by molar-refractivity contribution is 5.97. The Morgan fingerprint density at radius 2 is 2.12 bits per heavy atom. The number of esters is 1. The molecule has 1 fully saturated rings. The van der Waals surface area contributed by atoms with Gasteiger partial charge in [0.2, 0.25) is 0 Å². The zero-order valence-electron chi connectivity index (χ0n) is 14.8. The zero-order chi connectivity index (χ0) is 19.1. The van der Waals surface area contributed by atoms with Crippen molar-refractivity contribution in [3.63, 3.8) is 0 Å². The number of anilines is 1. The summed E-state index contributed by atoms with van der Waals surface area (Å²) in [5.41, 5.74) is 0.142. The van der Waals surface area contributed by atoms with E-state index in [2.05, 4.69) is 10.6 Å². The van der Waals surface area contributed by atoms with Crippen LogP contribution in [-0.4, -0.2) is 49.7 Å². The van der Waals surface area contributed by atoms with Crippen molar-refractivity contribution in [3.8, 4) is 0 Å². The summed E-state index contributed by atoms with van der Waals surface area (Å²) in [6.07, 6.45) is 2.18. The summed E-state index contributed by atoms with van der Waals surface area (Å²) < 4.78 is 9.95. The zero-order valence-corrected chi connectivity index (χ0v) is 14.8. The van der Waals surface area contributed by atoms with Gasteiger partial charge in [0.15, 0.2) is 6.61 Å². The minimum Gasteiger partial charge on any atom is -0.452 e. The Kier molecular flexibility index (Phi) is 6.90. The van der Waals surface area contributed by atoms with Crippen molar-refractivity contribution in [3.05, 3.63) is 33.9 Å². The van der Waals surface area contributed by atoms with Gasteiger partial charge < -0.3 is 20.1 Å². The first-order valence-electron chi connectivity index (χ1n) is 8.40. The third kappa shape index (κ3) is 5.69. The van der Waals surface area contributed by atoms with Crippen molar-refractivity contribution in [2.24, 2.45) is 5.92 Å². The molecule has 1 aromatic carbocycles. The first kappa shape index (κ1) is 19.6. The van der Waals surface area contributed by atoms with Crippen LogP contribution in [0.25, 0.3) is 0 Å². The summed E-state index contributed by atoms with van der Waals surface area (Å²) in [4.78, 5) is 34.5. The fourth-order valence-electron chi connectivity index (χ4n) is 2.48. The maximum Gasteiger partial charge on any atom is 0.341 e. The van der Waals surface area contributed by atoms with Crippen LogP contribution < -0.4 is 10.6 Å². The van der Waals surface area contributed by atoms with Crippen molar-refractivity contribution in [2.45, 2.75) is 25.8 Å². The monoisotopic (exact) mass is 365 g/mol. The SMILES string of the molecule is COCCNc1ccc([N+](=O)[O-])cc1C(=O)OCC(=O)N[C@H](C)C1CC1. The molecule has 0 aliphatic heterocycles. The van der Waals surface area contributed by atoms with Crippen LogP contribution >= 0.6 is 0 Å². The maximum absolute atomic E-state index is 12.3. The van der Waals surface area contributed by atoms with E-state index in [1.54, 1.807) is 0 Å². The molecule has 0 radical (unpaired) electrons. The summed E-state index contributed by atoms with van der Waals surface area (Å²) in [5.74, 6) is -0.706. The van der Waals surface area contributed by atoms with E-state index in [4.69, 9.17) is 9.47 Å². The summed E-state index contributed by atoms with van der Waals surface area (Å²) in [6.45, 7) is 2.28. The summed E-state index contributed by atoms with van der Waals surface area (Å²) in [7, 11) is 1.54. The normalized spacial score (nSPS) is 14.4. The number of benzene rings is 1. The van der Waals surface area contributed by atoms with E-state index in [1.165, 1.54) is 19.2 Å². The second-order valence-corrected chi connectivity index (χ2v) is 6.18. The molecule has 9 heteroatoms. The third-order valence-corrected chi connectivity index (χ3v) is 4.11. The van der Waals surface area contributed by atoms with Crippen molar-refractivity contribution in [1.29, 1.82) is 0 Å². The number of ether oxygens (including phenoxy) is 2. The second-order valence-electron chi connectivity index (χ2n) is 6.18.